The maximum absolute atomic E-state index is 10.2. The second-order valence-electron chi connectivity index (χ2n) is 3.60. The highest BCUT2D eigenvalue weighted by Crippen LogP contribution is 2.23. The molecule has 0 saturated carbocycles. The van der Waals surface area contributed by atoms with Gasteiger partial charge >= 0.3 is 0 Å². The molecular formula is C13H14N2O. The molecule has 2 rings (SSSR count). The highest BCUT2D eigenvalue weighted by Gasteiger charge is 2.14. The fraction of sp³-hybridized carbons (Fsp3) is 0.231. The quantitative estimate of drug-likeness (QED) is 0.851. The lowest BCUT2D eigenvalue weighted by Crippen LogP contribution is -2.05. The Hall–Kier alpha value is -1.74. The molecule has 0 aliphatic carbocycles. The minimum Gasteiger partial charge on any atom is -0.382 e. The van der Waals surface area contributed by atoms with Gasteiger partial charge in [-0.2, -0.15) is 10.2 Å². The number of aliphatic hydroxyl groups excluding tert-OH is 1. The molecule has 82 valence electrons. The van der Waals surface area contributed by atoms with Crippen molar-refractivity contribution in [2.24, 2.45) is 0 Å². The van der Waals surface area contributed by atoms with Gasteiger partial charge in [-0.05, 0) is 29.7 Å². The van der Waals surface area contributed by atoms with E-state index in [0.29, 0.717) is 5.69 Å². The van der Waals surface area contributed by atoms with Gasteiger partial charge < -0.3 is 5.11 Å². The summed E-state index contributed by atoms with van der Waals surface area (Å²) < 4.78 is 0. The maximum Gasteiger partial charge on any atom is 0.123 e. The lowest BCUT2D eigenvalue weighted by molar-refractivity contribution is 0.213. The first-order valence-electron chi connectivity index (χ1n) is 5.36. The van der Waals surface area contributed by atoms with Gasteiger partial charge in [-0.25, -0.2) is 0 Å². The van der Waals surface area contributed by atoms with Crippen molar-refractivity contribution in [3.8, 4) is 0 Å². The van der Waals surface area contributed by atoms with Crippen LogP contribution in [0.15, 0.2) is 42.6 Å². The Kier molecular flexibility index (Phi) is 3.27. The number of aromatic nitrogens is 2. The van der Waals surface area contributed by atoms with Gasteiger partial charge in [0.05, 0.1) is 5.69 Å². The third-order valence-corrected chi connectivity index (χ3v) is 2.60. The van der Waals surface area contributed by atoms with Crippen LogP contribution >= 0.6 is 0 Å². The zero-order valence-corrected chi connectivity index (χ0v) is 9.17. The Morgan fingerprint density at radius 3 is 2.69 bits per heavy atom. The van der Waals surface area contributed by atoms with E-state index in [0.717, 1.165) is 17.5 Å². The van der Waals surface area contributed by atoms with Gasteiger partial charge in [0.2, 0.25) is 0 Å². The van der Waals surface area contributed by atoms with E-state index in [1.165, 1.54) is 0 Å². The standard InChI is InChI=1S/C13H14N2O/c1-2-10-6-3-4-7-11(10)13(16)12-8-5-9-14-15-12/h3-9,13,16H,2H2,1H3. The Balaban J connectivity index is 2.37. The molecule has 0 bridgehead atoms. The van der Waals surface area contributed by atoms with Crippen molar-refractivity contribution in [3.05, 3.63) is 59.4 Å². The fourth-order valence-electron chi connectivity index (χ4n) is 1.74. The molecule has 0 fully saturated rings. The molecular weight excluding hydrogens is 200 g/mol. The minimum atomic E-state index is -0.690. The van der Waals surface area contributed by atoms with Crippen LogP contribution in [0.3, 0.4) is 0 Å². The van der Waals surface area contributed by atoms with Crippen molar-refractivity contribution >= 4 is 0 Å². The van der Waals surface area contributed by atoms with Gasteiger partial charge in [0, 0.05) is 6.20 Å². The minimum absolute atomic E-state index is 0.586. The molecule has 1 atom stereocenters. The number of hydrogen-bond acceptors (Lipinski definition) is 3. The largest absolute Gasteiger partial charge is 0.382 e. The van der Waals surface area contributed by atoms with Crippen molar-refractivity contribution in [2.75, 3.05) is 0 Å². The van der Waals surface area contributed by atoms with Gasteiger partial charge in [0.1, 0.15) is 6.10 Å². The maximum atomic E-state index is 10.2. The molecule has 3 nitrogen and oxygen atoms in total. The van der Waals surface area contributed by atoms with Crippen LogP contribution in [0, 0.1) is 0 Å². The van der Waals surface area contributed by atoms with Gasteiger partial charge in [0.25, 0.3) is 0 Å². The molecule has 0 aliphatic heterocycles. The summed E-state index contributed by atoms with van der Waals surface area (Å²) >= 11 is 0. The average Bonchev–Trinajstić information content (AvgIpc) is 2.39. The second-order valence-corrected chi connectivity index (χ2v) is 3.60. The van der Waals surface area contributed by atoms with Gasteiger partial charge in [0.15, 0.2) is 0 Å². The predicted octanol–water partition coefficient (Wildman–Crippen LogP) is 2.12. The number of rotatable bonds is 3. The predicted molar refractivity (Wildman–Crippen MR) is 61.9 cm³/mol. The van der Waals surface area contributed by atoms with E-state index in [1.54, 1.807) is 18.3 Å². The van der Waals surface area contributed by atoms with E-state index in [-0.39, 0.29) is 0 Å². The zero-order chi connectivity index (χ0) is 11.4. The van der Waals surface area contributed by atoms with Crippen molar-refractivity contribution in [2.45, 2.75) is 19.4 Å². The van der Waals surface area contributed by atoms with Crippen LogP contribution in [0.25, 0.3) is 0 Å². The van der Waals surface area contributed by atoms with Crippen LogP contribution in [0.1, 0.15) is 29.8 Å². The monoisotopic (exact) mass is 214 g/mol. The molecule has 1 unspecified atom stereocenters. The molecule has 2 aromatic rings. The summed E-state index contributed by atoms with van der Waals surface area (Å²) in [7, 11) is 0. The summed E-state index contributed by atoms with van der Waals surface area (Å²) in [6.45, 7) is 2.07. The molecule has 1 aromatic heterocycles. The van der Waals surface area contributed by atoms with Crippen LogP contribution < -0.4 is 0 Å². The summed E-state index contributed by atoms with van der Waals surface area (Å²) in [6.07, 6.45) is 1.81. The van der Waals surface area contributed by atoms with Crippen LogP contribution in [0.2, 0.25) is 0 Å². The third kappa shape index (κ3) is 2.09. The number of aryl methyl sites for hydroxylation is 1. The molecule has 0 spiro atoms. The van der Waals surface area contributed by atoms with Crippen LogP contribution in [0.4, 0.5) is 0 Å². The molecule has 0 saturated heterocycles. The zero-order valence-electron chi connectivity index (χ0n) is 9.17. The first kappa shape index (κ1) is 10.8. The Bertz CT molecular complexity index is 456. The molecule has 16 heavy (non-hydrogen) atoms. The fourth-order valence-corrected chi connectivity index (χ4v) is 1.74. The van der Waals surface area contributed by atoms with Gasteiger partial charge in [-0.15, -0.1) is 0 Å². The number of benzene rings is 1. The first-order chi connectivity index (χ1) is 7.83. The summed E-state index contributed by atoms with van der Waals surface area (Å²) in [5.41, 5.74) is 2.63. The molecule has 1 aromatic carbocycles. The summed E-state index contributed by atoms with van der Waals surface area (Å²) in [6, 6.07) is 11.4. The smallest absolute Gasteiger partial charge is 0.123 e. The van der Waals surface area contributed by atoms with Crippen LogP contribution in [-0.4, -0.2) is 15.3 Å². The SMILES string of the molecule is CCc1ccccc1C(O)c1cccnn1. The summed E-state index contributed by atoms with van der Waals surface area (Å²) in [5, 5.41) is 17.9. The van der Waals surface area contributed by atoms with E-state index in [9.17, 15) is 5.11 Å². The molecule has 3 heteroatoms. The van der Waals surface area contributed by atoms with E-state index in [1.807, 2.05) is 24.3 Å². The normalized spacial score (nSPS) is 12.4. The van der Waals surface area contributed by atoms with Crippen molar-refractivity contribution in [1.29, 1.82) is 0 Å². The van der Waals surface area contributed by atoms with Gasteiger partial charge in [-0.1, -0.05) is 31.2 Å². The number of hydrogen-bond donors (Lipinski definition) is 1. The summed E-state index contributed by atoms with van der Waals surface area (Å²) in [5.74, 6) is 0. The third-order valence-electron chi connectivity index (χ3n) is 2.60. The van der Waals surface area contributed by atoms with Crippen molar-refractivity contribution in [1.82, 2.24) is 10.2 Å². The highest BCUT2D eigenvalue weighted by molar-refractivity contribution is 5.33. The number of nitrogens with zero attached hydrogens (tertiary/aromatic N) is 2. The van der Waals surface area contributed by atoms with Gasteiger partial charge in [-0.3, -0.25) is 0 Å². The average molecular weight is 214 g/mol. The van der Waals surface area contributed by atoms with E-state index in [4.69, 9.17) is 0 Å². The second kappa shape index (κ2) is 4.86. The topological polar surface area (TPSA) is 46.0 Å². The Morgan fingerprint density at radius 2 is 2.00 bits per heavy atom. The summed E-state index contributed by atoms with van der Waals surface area (Å²) in [4.78, 5) is 0. The van der Waals surface area contributed by atoms with Crippen molar-refractivity contribution < 1.29 is 5.11 Å². The van der Waals surface area contributed by atoms with E-state index >= 15 is 0 Å². The van der Waals surface area contributed by atoms with Crippen LogP contribution in [0.5, 0.6) is 0 Å². The number of aliphatic hydroxyl groups is 1. The molecule has 1 N–H and O–H groups in total. The first-order valence-corrected chi connectivity index (χ1v) is 5.36. The molecule has 0 radical (unpaired) electrons. The lowest BCUT2D eigenvalue weighted by Gasteiger charge is -2.13. The Morgan fingerprint density at radius 1 is 1.19 bits per heavy atom. The molecule has 0 aliphatic rings. The molecule has 0 amide bonds. The lowest BCUT2D eigenvalue weighted by atomic mass is 9.98. The van der Waals surface area contributed by atoms with E-state index < -0.39 is 6.10 Å². The van der Waals surface area contributed by atoms with Crippen LogP contribution in [-0.2, 0) is 6.42 Å². The van der Waals surface area contributed by atoms with E-state index in [2.05, 4.69) is 17.1 Å². The van der Waals surface area contributed by atoms with Crippen molar-refractivity contribution in [3.63, 3.8) is 0 Å². The Labute approximate surface area is 94.8 Å². The molecule has 1 heterocycles. The highest BCUT2D eigenvalue weighted by atomic mass is 16.3.